The average molecular weight is 517 g/mol. The zero-order valence-corrected chi connectivity index (χ0v) is 23.1. The van der Waals surface area contributed by atoms with Gasteiger partial charge in [-0.2, -0.15) is 0 Å². The van der Waals surface area contributed by atoms with Crippen molar-refractivity contribution in [1.29, 1.82) is 0 Å². The van der Waals surface area contributed by atoms with Crippen LogP contribution >= 0.6 is 0 Å². The molecule has 0 heteroatoms. The van der Waals surface area contributed by atoms with Crippen molar-refractivity contribution in [3.05, 3.63) is 155 Å². The molecule has 3 aromatic carbocycles. The van der Waals surface area contributed by atoms with Gasteiger partial charge in [0.05, 0.1) is 0 Å². The van der Waals surface area contributed by atoms with Crippen LogP contribution in [-0.2, 0) is 6.42 Å². The third-order valence-electron chi connectivity index (χ3n) is 8.90. The van der Waals surface area contributed by atoms with E-state index in [-0.39, 0.29) is 0 Å². The summed E-state index contributed by atoms with van der Waals surface area (Å²) in [5.41, 5.74) is 11.4. The summed E-state index contributed by atoms with van der Waals surface area (Å²) in [4.78, 5) is 0. The quantitative estimate of drug-likeness (QED) is 0.316. The first-order valence-corrected chi connectivity index (χ1v) is 15.0. The number of fused-ring (bicyclic) bond motifs is 3. The molecule has 2 unspecified atom stereocenters. The Morgan fingerprint density at radius 1 is 0.625 bits per heavy atom. The molecular weight excluding hydrogens is 480 g/mol. The molecule has 2 atom stereocenters. The molecule has 4 aliphatic carbocycles. The van der Waals surface area contributed by atoms with E-state index in [4.69, 9.17) is 0 Å². The number of hydrogen-bond donors (Lipinski definition) is 0. The van der Waals surface area contributed by atoms with Gasteiger partial charge >= 0.3 is 0 Å². The van der Waals surface area contributed by atoms with Crippen molar-refractivity contribution in [2.75, 3.05) is 0 Å². The smallest absolute Gasteiger partial charge is 0.00646 e. The highest BCUT2D eigenvalue weighted by Gasteiger charge is 2.26. The lowest BCUT2D eigenvalue weighted by atomic mass is 9.75. The highest BCUT2D eigenvalue weighted by atomic mass is 14.3. The first-order valence-electron chi connectivity index (χ1n) is 15.0. The summed E-state index contributed by atoms with van der Waals surface area (Å²) in [5.74, 6) is 0.794. The van der Waals surface area contributed by atoms with Gasteiger partial charge in [0.1, 0.15) is 0 Å². The zero-order valence-electron chi connectivity index (χ0n) is 23.1. The molecule has 0 radical (unpaired) electrons. The lowest BCUT2D eigenvalue weighted by Gasteiger charge is -2.30. The second-order valence-corrected chi connectivity index (χ2v) is 11.4. The Hall–Kier alpha value is -4.16. The van der Waals surface area contributed by atoms with Gasteiger partial charge in [-0.3, -0.25) is 0 Å². The van der Waals surface area contributed by atoms with Crippen LogP contribution in [0.3, 0.4) is 0 Å². The number of aryl methyl sites for hydroxylation is 1. The van der Waals surface area contributed by atoms with Crippen molar-refractivity contribution < 1.29 is 0 Å². The van der Waals surface area contributed by atoms with Gasteiger partial charge in [0.2, 0.25) is 0 Å². The van der Waals surface area contributed by atoms with Crippen LogP contribution in [0.4, 0.5) is 0 Å². The van der Waals surface area contributed by atoms with Gasteiger partial charge in [-0.05, 0) is 99.9 Å². The Morgan fingerprint density at radius 2 is 1.35 bits per heavy atom. The molecule has 0 bridgehead atoms. The molecule has 0 N–H and O–H groups in total. The van der Waals surface area contributed by atoms with Crippen LogP contribution in [0.1, 0.15) is 48.8 Å². The molecule has 7 rings (SSSR count). The highest BCUT2D eigenvalue weighted by molar-refractivity contribution is 6.02. The fourth-order valence-corrected chi connectivity index (χ4v) is 6.96. The van der Waals surface area contributed by atoms with Gasteiger partial charge in [0, 0.05) is 11.8 Å². The van der Waals surface area contributed by atoms with E-state index in [0.717, 1.165) is 38.5 Å². The van der Waals surface area contributed by atoms with Gasteiger partial charge in [0.25, 0.3) is 0 Å². The summed E-state index contributed by atoms with van der Waals surface area (Å²) in [7, 11) is 0. The molecule has 0 heterocycles. The fraction of sp³-hybridized carbons (Fsp3) is 0.200. The Balaban J connectivity index is 1.38. The van der Waals surface area contributed by atoms with E-state index in [1.807, 2.05) is 0 Å². The Morgan fingerprint density at radius 3 is 2.05 bits per heavy atom. The van der Waals surface area contributed by atoms with E-state index in [9.17, 15) is 0 Å². The lowest BCUT2D eigenvalue weighted by molar-refractivity contribution is 0.737. The molecule has 0 saturated carbocycles. The second-order valence-electron chi connectivity index (χ2n) is 11.4. The zero-order chi connectivity index (χ0) is 26.7. The Bertz CT molecular complexity index is 1670. The van der Waals surface area contributed by atoms with Crippen LogP contribution in [0.25, 0.3) is 33.5 Å². The molecule has 0 spiro atoms. The summed E-state index contributed by atoms with van der Waals surface area (Å²) in [6.07, 6.45) is 36.5. The minimum Gasteiger partial charge on any atom is -0.0842 e. The minimum absolute atomic E-state index is 0.383. The van der Waals surface area contributed by atoms with E-state index in [1.165, 1.54) is 55.3 Å². The Kier molecular flexibility index (Phi) is 6.92. The largest absolute Gasteiger partial charge is 0.0842 e. The SMILES string of the molecule is C1=CCCC(C(=C(c2ccc(-c3cc4c(c5ccccc35)C=CCC4)cc2)C2C=CC=CC2)C2C=CC=CC2)=C1. The molecule has 0 saturated heterocycles. The Labute approximate surface area is 238 Å². The molecule has 0 amide bonds. The number of hydrogen-bond acceptors (Lipinski definition) is 0. The highest BCUT2D eigenvalue weighted by Crippen LogP contribution is 2.43. The molecule has 0 nitrogen and oxygen atoms in total. The van der Waals surface area contributed by atoms with Crippen molar-refractivity contribution in [3.63, 3.8) is 0 Å². The average Bonchev–Trinajstić information content (AvgIpc) is 3.04. The molecule has 3 aromatic rings. The lowest BCUT2D eigenvalue weighted by Crippen LogP contribution is -2.14. The first kappa shape index (κ1) is 24.9. The first-order chi connectivity index (χ1) is 19.9. The van der Waals surface area contributed by atoms with E-state index in [0.29, 0.717) is 11.8 Å². The molecule has 40 heavy (non-hydrogen) atoms. The van der Waals surface area contributed by atoms with Crippen molar-refractivity contribution in [2.45, 2.75) is 38.5 Å². The summed E-state index contributed by atoms with van der Waals surface area (Å²) >= 11 is 0. The van der Waals surface area contributed by atoms with E-state index >= 15 is 0 Å². The van der Waals surface area contributed by atoms with Crippen LogP contribution in [0.2, 0.25) is 0 Å². The predicted molar refractivity (Wildman–Crippen MR) is 173 cm³/mol. The number of benzene rings is 3. The monoisotopic (exact) mass is 516 g/mol. The molecule has 196 valence electrons. The second kappa shape index (κ2) is 11.1. The van der Waals surface area contributed by atoms with E-state index in [2.05, 4.69) is 134 Å². The van der Waals surface area contributed by atoms with E-state index in [1.54, 1.807) is 0 Å². The van der Waals surface area contributed by atoms with Crippen LogP contribution < -0.4 is 0 Å². The fourth-order valence-electron chi connectivity index (χ4n) is 6.96. The molecule has 0 aliphatic heterocycles. The summed E-state index contributed by atoms with van der Waals surface area (Å²) in [6.45, 7) is 0. The summed E-state index contributed by atoms with van der Waals surface area (Å²) in [6, 6.07) is 20.9. The maximum Gasteiger partial charge on any atom is 0.00646 e. The molecular formula is C40H36. The summed E-state index contributed by atoms with van der Waals surface area (Å²) in [5, 5.41) is 2.71. The van der Waals surface area contributed by atoms with Crippen molar-refractivity contribution in [1.82, 2.24) is 0 Å². The minimum atomic E-state index is 0.383. The third-order valence-corrected chi connectivity index (χ3v) is 8.90. The summed E-state index contributed by atoms with van der Waals surface area (Å²) < 4.78 is 0. The molecule has 0 aromatic heterocycles. The van der Waals surface area contributed by atoms with Gasteiger partial charge < -0.3 is 0 Å². The van der Waals surface area contributed by atoms with Crippen molar-refractivity contribution in [3.8, 4) is 11.1 Å². The van der Waals surface area contributed by atoms with Crippen LogP contribution in [0, 0.1) is 11.8 Å². The third kappa shape index (κ3) is 4.73. The van der Waals surface area contributed by atoms with Crippen LogP contribution in [-0.4, -0.2) is 0 Å². The standard InChI is InChI=1S/C40H36/c1-4-14-30(15-5-1)39(31-16-6-2-7-17-31)40(32-18-8-3-9-19-32)33-26-24-29(25-27-33)38-28-34-20-10-11-21-35(34)36-22-12-13-23-37(36)38/h1-6,8-9,11-14,16,18,21-28,30,32H,7,10,15,17,19-20H2. The van der Waals surface area contributed by atoms with Gasteiger partial charge in [0.15, 0.2) is 0 Å². The van der Waals surface area contributed by atoms with Gasteiger partial charge in [-0.1, -0.05) is 128 Å². The maximum absolute atomic E-state index is 2.45. The van der Waals surface area contributed by atoms with Crippen molar-refractivity contribution >= 4 is 22.4 Å². The predicted octanol–water partition coefficient (Wildman–Crippen LogP) is 10.8. The normalized spacial score (nSPS) is 21.9. The number of allylic oxidation sites excluding steroid dienone is 15. The number of rotatable bonds is 5. The van der Waals surface area contributed by atoms with Crippen LogP contribution in [0.15, 0.2) is 139 Å². The van der Waals surface area contributed by atoms with E-state index < -0.39 is 0 Å². The van der Waals surface area contributed by atoms with Crippen molar-refractivity contribution in [2.24, 2.45) is 11.8 Å². The van der Waals surface area contributed by atoms with Crippen LogP contribution in [0.5, 0.6) is 0 Å². The maximum atomic E-state index is 2.45. The molecule has 0 fully saturated rings. The molecule has 4 aliphatic rings. The topological polar surface area (TPSA) is 0 Å². The van der Waals surface area contributed by atoms with Gasteiger partial charge in [-0.25, -0.2) is 0 Å². The van der Waals surface area contributed by atoms with Gasteiger partial charge in [-0.15, -0.1) is 0 Å².